The third-order valence-corrected chi connectivity index (χ3v) is 2.52. The van der Waals surface area contributed by atoms with E-state index in [1.807, 2.05) is 32.1 Å². The largest absolute Gasteiger partial charge is 0.358 e. The van der Waals surface area contributed by atoms with Crippen LogP contribution in [0, 0.1) is 0 Å². The van der Waals surface area contributed by atoms with Crippen molar-refractivity contribution in [1.82, 2.24) is 15.3 Å². The summed E-state index contributed by atoms with van der Waals surface area (Å²) in [5.74, 6) is 1.69. The van der Waals surface area contributed by atoms with Crippen LogP contribution < -0.4 is 15.1 Å². The van der Waals surface area contributed by atoms with E-state index in [-0.39, 0.29) is 5.54 Å². The van der Waals surface area contributed by atoms with Crippen LogP contribution in [0.3, 0.4) is 0 Å². The van der Waals surface area contributed by atoms with Crippen LogP contribution in [0.25, 0.3) is 0 Å². The zero-order valence-corrected chi connectivity index (χ0v) is 12.4. The summed E-state index contributed by atoms with van der Waals surface area (Å²) in [5.41, 5.74) is 0.154. The second kappa shape index (κ2) is 6.00. The maximum absolute atomic E-state index is 4.50. The molecule has 0 fully saturated rings. The SMILES string of the molecule is CN(C)c1nccc(N(C)CCNC(C)(C)C)n1. The summed E-state index contributed by atoms with van der Waals surface area (Å²) in [7, 11) is 5.94. The fourth-order valence-electron chi connectivity index (χ4n) is 1.48. The second-order valence-corrected chi connectivity index (χ2v) is 5.71. The second-order valence-electron chi connectivity index (χ2n) is 5.71. The first kappa shape index (κ1) is 14.7. The molecule has 0 unspecified atom stereocenters. The molecule has 5 nitrogen and oxygen atoms in total. The highest BCUT2D eigenvalue weighted by Gasteiger charge is 2.10. The standard InChI is InChI=1S/C13H25N5/c1-13(2,3)15-9-10-18(6)11-7-8-14-12(16-11)17(4)5/h7-8,15H,9-10H2,1-6H3. The van der Waals surface area contributed by atoms with E-state index >= 15 is 0 Å². The number of nitrogens with zero attached hydrogens (tertiary/aromatic N) is 4. The van der Waals surface area contributed by atoms with E-state index in [1.165, 1.54) is 0 Å². The molecule has 18 heavy (non-hydrogen) atoms. The molecule has 0 aromatic carbocycles. The molecular weight excluding hydrogens is 226 g/mol. The van der Waals surface area contributed by atoms with Crippen LogP contribution in [-0.4, -0.2) is 49.7 Å². The molecule has 0 spiro atoms. The predicted octanol–water partition coefficient (Wildman–Crippen LogP) is 1.37. The van der Waals surface area contributed by atoms with Crippen molar-refractivity contribution in [3.05, 3.63) is 12.3 Å². The molecule has 0 amide bonds. The van der Waals surface area contributed by atoms with Gasteiger partial charge in [0.25, 0.3) is 0 Å². The topological polar surface area (TPSA) is 44.3 Å². The van der Waals surface area contributed by atoms with Crippen LogP contribution in [0.15, 0.2) is 12.3 Å². The Hall–Kier alpha value is -1.36. The third kappa shape index (κ3) is 4.87. The van der Waals surface area contributed by atoms with Gasteiger partial charge in [-0.2, -0.15) is 4.98 Å². The molecule has 1 aromatic rings. The molecular formula is C13H25N5. The Morgan fingerprint density at radius 3 is 2.44 bits per heavy atom. The summed E-state index contributed by atoms with van der Waals surface area (Å²) >= 11 is 0. The third-order valence-electron chi connectivity index (χ3n) is 2.52. The van der Waals surface area contributed by atoms with E-state index < -0.39 is 0 Å². The Morgan fingerprint density at radius 2 is 1.89 bits per heavy atom. The number of hydrogen-bond donors (Lipinski definition) is 1. The Kier molecular flexibility index (Phi) is 4.90. The Labute approximate surface area is 110 Å². The van der Waals surface area contributed by atoms with E-state index in [2.05, 4.69) is 41.0 Å². The van der Waals surface area contributed by atoms with Crippen LogP contribution in [0.4, 0.5) is 11.8 Å². The molecule has 0 radical (unpaired) electrons. The minimum Gasteiger partial charge on any atom is -0.358 e. The average molecular weight is 251 g/mol. The summed E-state index contributed by atoms with van der Waals surface area (Å²) < 4.78 is 0. The van der Waals surface area contributed by atoms with Crippen molar-refractivity contribution >= 4 is 11.8 Å². The van der Waals surface area contributed by atoms with Crippen LogP contribution in [0.1, 0.15) is 20.8 Å². The minimum absolute atomic E-state index is 0.154. The smallest absolute Gasteiger partial charge is 0.226 e. The fourth-order valence-corrected chi connectivity index (χ4v) is 1.48. The van der Waals surface area contributed by atoms with Gasteiger partial charge in [0, 0.05) is 46.0 Å². The molecule has 1 heterocycles. The first-order valence-corrected chi connectivity index (χ1v) is 6.26. The van der Waals surface area contributed by atoms with E-state index in [4.69, 9.17) is 0 Å². The monoisotopic (exact) mass is 251 g/mol. The number of anilines is 2. The summed E-state index contributed by atoms with van der Waals surface area (Å²) in [6.07, 6.45) is 1.80. The van der Waals surface area contributed by atoms with E-state index in [9.17, 15) is 0 Å². The van der Waals surface area contributed by atoms with Crippen LogP contribution in [0.5, 0.6) is 0 Å². The van der Waals surface area contributed by atoms with E-state index in [0.29, 0.717) is 0 Å². The first-order chi connectivity index (χ1) is 8.29. The lowest BCUT2D eigenvalue weighted by Crippen LogP contribution is -2.40. The Balaban J connectivity index is 2.56. The van der Waals surface area contributed by atoms with Crippen molar-refractivity contribution in [3.8, 4) is 0 Å². The van der Waals surface area contributed by atoms with Crippen molar-refractivity contribution in [2.24, 2.45) is 0 Å². The quantitative estimate of drug-likeness (QED) is 0.856. The van der Waals surface area contributed by atoms with Crippen molar-refractivity contribution in [1.29, 1.82) is 0 Å². The molecule has 102 valence electrons. The lowest BCUT2D eigenvalue weighted by atomic mass is 10.1. The van der Waals surface area contributed by atoms with Gasteiger partial charge in [-0.3, -0.25) is 0 Å². The Bertz CT molecular complexity index is 370. The van der Waals surface area contributed by atoms with Crippen molar-refractivity contribution in [3.63, 3.8) is 0 Å². The lowest BCUT2D eigenvalue weighted by molar-refractivity contribution is 0.430. The van der Waals surface area contributed by atoms with Gasteiger partial charge >= 0.3 is 0 Å². The normalized spacial score (nSPS) is 11.4. The summed E-state index contributed by atoms with van der Waals surface area (Å²) in [5, 5.41) is 3.46. The number of aromatic nitrogens is 2. The van der Waals surface area contributed by atoms with Crippen LogP contribution >= 0.6 is 0 Å². The first-order valence-electron chi connectivity index (χ1n) is 6.26. The summed E-state index contributed by atoms with van der Waals surface area (Å²) in [6, 6.07) is 1.93. The van der Waals surface area contributed by atoms with Gasteiger partial charge in [-0.15, -0.1) is 0 Å². The van der Waals surface area contributed by atoms with Gasteiger partial charge in [0.15, 0.2) is 0 Å². The van der Waals surface area contributed by atoms with Gasteiger partial charge in [0.2, 0.25) is 5.95 Å². The molecule has 0 saturated heterocycles. The van der Waals surface area contributed by atoms with Crippen molar-refractivity contribution < 1.29 is 0 Å². The van der Waals surface area contributed by atoms with Gasteiger partial charge in [0.05, 0.1) is 0 Å². The van der Waals surface area contributed by atoms with Gasteiger partial charge in [-0.1, -0.05) is 0 Å². The number of rotatable bonds is 5. The number of nitrogens with one attached hydrogen (secondary N) is 1. The number of likely N-dealkylation sites (N-methyl/N-ethyl adjacent to an activating group) is 1. The van der Waals surface area contributed by atoms with E-state index in [1.54, 1.807) is 6.20 Å². The molecule has 0 aliphatic carbocycles. The predicted molar refractivity (Wildman–Crippen MR) is 77.4 cm³/mol. The Morgan fingerprint density at radius 1 is 1.22 bits per heavy atom. The van der Waals surface area contributed by atoms with Crippen LogP contribution in [0.2, 0.25) is 0 Å². The molecule has 1 aromatic heterocycles. The zero-order valence-electron chi connectivity index (χ0n) is 12.4. The molecule has 0 aliphatic rings. The molecule has 0 atom stereocenters. The maximum atomic E-state index is 4.50. The van der Waals surface area contributed by atoms with Gasteiger partial charge in [-0.05, 0) is 26.8 Å². The fraction of sp³-hybridized carbons (Fsp3) is 0.692. The van der Waals surface area contributed by atoms with Gasteiger partial charge in [0.1, 0.15) is 5.82 Å². The van der Waals surface area contributed by atoms with Crippen molar-refractivity contribution in [2.45, 2.75) is 26.3 Å². The highest BCUT2D eigenvalue weighted by atomic mass is 15.3. The summed E-state index contributed by atoms with van der Waals surface area (Å²) in [4.78, 5) is 12.8. The highest BCUT2D eigenvalue weighted by molar-refractivity contribution is 5.42. The molecule has 0 bridgehead atoms. The molecule has 0 aliphatic heterocycles. The average Bonchev–Trinajstić information content (AvgIpc) is 2.27. The molecule has 1 rings (SSSR count). The lowest BCUT2D eigenvalue weighted by Gasteiger charge is -2.24. The molecule has 0 saturated carbocycles. The van der Waals surface area contributed by atoms with Gasteiger partial charge in [-0.25, -0.2) is 4.98 Å². The van der Waals surface area contributed by atoms with Crippen molar-refractivity contribution in [2.75, 3.05) is 44.0 Å². The zero-order chi connectivity index (χ0) is 13.8. The number of hydrogen-bond acceptors (Lipinski definition) is 5. The maximum Gasteiger partial charge on any atom is 0.226 e. The molecule has 5 heteroatoms. The molecule has 1 N–H and O–H groups in total. The van der Waals surface area contributed by atoms with Crippen LogP contribution in [-0.2, 0) is 0 Å². The minimum atomic E-state index is 0.154. The van der Waals surface area contributed by atoms with E-state index in [0.717, 1.165) is 24.9 Å². The summed E-state index contributed by atoms with van der Waals surface area (Å²) in [6.45, 7) is 8.36. The van der Waals surface area contributed by atoms with Gasteiger partial charge < -0.3 is 15.1 Å². The highest BCUT2D eigenvalue weighted by Crippen LogP contribution is 2.11.